The second-order valence-corrected chi connectivity index (χ2v) is 7.44. The highest BCUT2D eigenvalue weighted by Gasteiger charge is 2.29. The van der Waals surface area contributed by atoms with Gasteiger partial charge in [0.1, 0.15) is 5.65 Å². The van der Waals surface area contributed by atoms with Crippen LogP contribution >= 0.6 is 11.6 Å². The molecule has 0 bridgehead atoms. The van der Waals surface area contributed by atoms with Crippen molar-refractivity contribution in [1.82, 2.24) is 19.8 Å². The van der Waals surface area contributed by atoms with E-state index < -0.39 is 6.10 Å². The lowest BCUT2D eigenvalue weighted by Crippen LogP contribution is -2.48. The van der Waals surface area contributed by atoms with Gasteiger partial charge in [-0.2, -0.15) is 0 Å². The lowest BCUT2D eigenvalue weighted by Gasteiger charge is -2.31. The summed E-state index contributed by atoms with van der Waals surface area (Å²) in [5, 5.41) is 15.0. The molecule has 2 atom stereocenters. The van der Waals surface area contributed by atoms with Crippen LogP contribution in [0.2, 0.25) is 5.02 Å². The van der Waals surface area contributed by atoms with Crippen molar-refractivity contribution in [3.8, 4) is 0 Å². The zero-order valence-electron chi connectivity index (χ0n) is 14.7. The van der Waals surface area contributed by atoms with E-state index in [9.17, 15) is 9.90 Å². The van der Waals surface area contributed by atoms with E-state index in [-0.39, 0.29) is 12.5 Å². The molecule has 2 aromatic rings. The number of aromatic nitrogens is 2. The molecule has 1 saturated heterocycles. The van der Waals surface area contributed by atoms with Gasteiger partial charge in [0.25, 0.3) is 5.91 Å². The molecule has 4 heterocycles. The molecule has 1 fully saturated rings. The molecule has 1 amide bonds. The average molecular weight is 379 g/mol. The minimum absolute atomic E-state index is 0.0344. The molecule has 140 valence electrons. The van der Waals surface area contributed by atoms with Crippen LogP contribution in [-0.2, 0) is 22.6 Å². The van der Waals surface area contributed by atoms with Crippen molar-refractivity contribution in [2.24, 2.45) is 0 Å². The Hall–Kier alpha value is -1.67. The number of amides is 1. The Morgan fingerprint density at radius 3 is 3.08 bits per heavy atom. The van der Waals surface area contributed by atoms with E-state index in [1.165, 1.54) is 0 Å². The van der Waals surface area contributed by atoms with E-state index in [1.54, 1.807) is 11.1 Å². The number of carbonyl (C=O) groups excluding carboxylic acids is 1. The summed E-state index contributed by atoms with van der Waals surface area (Å²) < 4.78 is 7.61. The lowest BCUT2D eigenvalue weighted by molar-refractivity contribution is -0.145. The molecular weight excluding hydrogens is 356 g/mol. The Morgan fingerprint density at radius 2 is 2.35 bits per heavy atom. The first-order valence-corrected chi connectivity index (χ1v) is 9.33. The minimum atomic E-state index is -1.13. The van der Waals surface area contributed by atoms with Crippen LogP contribution in [0.25, 0.3) is 11.0 Å². The first-order chi connectivity index (χ1) is 12.5. The minimum Gasteiger partial charge on any atom is -0.381 e. The van der Waals surface area contributed by atoms with Crippen molar-refractivity contribution < 1.29 is 14.6 Å². The fourth-order valence-electron chi connectivity index (χ4n) is 3.62. The number of halogens is 1. The second kappa shape index (κ2) is 7.15. The highest BCUT2D eigenvalue weighted by atomic mass is 35.5. The predicted molar refractivity (Wildman–Crippen MR) is 98.1 cm³/mol. The van der Waals surface area contributed by atoms with Crippen LogP contribution in [0.1, 0.15) is 17.7 Å². The van der Waals surface area contributed by atoms with Crippen molar-refractivity contribution in [3.63, 3.8) is 0 Å². The summed E-state index contributed by atoms with van der Waals surface area (Å²) in [4.78, 5) is 18.7. The van der Waals surface area contributed by atoms with Gasteiger partial charge in [0.15, 0.2) is 6.10 Å². The maximum absolute atomic E-state index is 12.6. The second-order valence-electron chi connectivity index (χ2n) is 7.00. The fourth-order valence-corrected chi connectivity index (χ4v) is 3.77. The molecule has 2 aromatic heterocycles. The third-order valence-electron chi connectivity index (χ3n) is 5.30. The molecule has 26 heavy (non-hydrogen) atoms. The maximum atomic E-state index is 12.6. The fraction of sp³-hybridized carbons (Fsp3) is 0.556. The third-order valence-corrected chi connectivity index (χ3v) is 5.51. The molecule has 0 aromatic carbocycles. The first kappa shape index (κ1) is 17.7. The van der Waals surface area contributed by atoms with E-state index in [1.807, 2.05) is 13.0 Å². The van der Waals surface area contributed by atoms with Crippen LogP contribution in [0.5, 0.6) is 0 Å². The number of hydrogen-bond acceptors (Lipinski definition) is 5. The molecule has 0 saturated carbocycles. The van der Waals surface area contributed by atoms with Gasteiger partial charge >= 0.3 is 0 Å². The third kappa shape index (κ3) is 3.20. The summed E-state index contributed by atoms with van der Waals surface area (Å²) in [6.45, 7) is 5.25. The normalized spacial score (nSPS) is 20.7. The topological polar surface area (TPSA) is 79.6 Å². The zero-order chi connectivity index (χ0) is 18.3. The van der Waals surface area contributed by atoms with Gasteiger partial charge in [-0.25, -0.2) is 4.98 Å². The van der Waals surface area contributed by atoms with E-state index in [0.717, 1.165) is 35.3 Å². The molecule has 0 spiro atoms. The summed E-state index contributed by atoms with van der Waals surface area (Å²) in [5.41, 5.74) is 3.02. The summed E-state index contributed by atoms with van der Waals surface area (Å²) in [6.07, 6.45) is 1.60. The highest BCUT2D eigenvalue weighted by molar-refractivity contribution is 6.31. The van der Waals surface area contributed by atoms with Gasteiger partial charge in [-0.3, -0.25) is 4.79 Å². The van der Waals surface area contributed by atoms with E-state index in [4.69, 9.17) is 16.3 Å². The van der Waals surface area contributed by atoms with Crippen molar-refractivity contribution >= 4 is 28.5 Å². The number of nitrogens with zero attached hydrogens (tertiary/aromatic N) is 3. The number of fused-ring (bicyclic) bond motifs is 3. The number of nitrogens with one attached hydrogen (secondary N) is 1. The number of rotatable bonds is 5. The Morgan fingerprint density at radius 1 is 1.54 bits per heavy atom. The smallest absolute Gasteiger partial charge is 0.254 e. The SMILES string of the molecule is Cc1c2n(c3ncc(Cl)cc13)CCN(C(=O)C(O)COCC1CCN1)C2. The van der Waals surface area contributed by atoms with Crippen LogP contribution in [0.3, 0.4) is 0 Å². The number of pyridine rings is 1. The Labute approximate surface area is 156 Å². The highest BCUT2D eigenvalue weighted by Crippen LogP contribution is 2.29. The van der Waals surface area contributed by atoms with Gasteiger partial charge in [0, 0.05) is 36.4 Å². The van der Waals surface area contributed by atoms with Gasteiger partial charge in [-0.05, 0) is 31.5 Å². The zero-order valence-corrected chi connectivity index (χ0v) is 15.5. The molecular formula is C18H23ClN4O3. The Balaban J connectivity index is 1.43. The van der Waals surface area contributed by atoms with E-state index >= 15 is 0 Å². The van der Waals surface area contributed by atoms with Crippen molar-refractivity contribution in [1.29, 1.82) is 0 Å². The number of carbonyl (C=O) groups is 1. The molecule has 7 nitrogen and oxygen atoms in total. The number of aliphatic hydroxyl groups is 1. The van der Waals surface area contributed by atoms with Gasteiger partial charge in [-0.15, -0.1) is 0 Å². The molecule has 2 N–H and O–H groups in total. The standard InChI is InChI=1S/C18H23ClN4O3/c1-11-14-6-12(19)7-21-17(14)23-5-4-22(8-15(11)23)18(25)16(24)10-26-9-13-2-3-20-13/h6-7,13,16,20,24H,2-5,8-10H2,1H3. The Bertz CT molecular complexity index is 833. The predicted octanol–water partition coefficient (Wildman–Crippen LogP) is 1.08. The van der Waals surface area contributed by atoms with Crippen molar-refractivity contribution in [2.75, 3.05) is 26.3 Å². The van der Waals surface area contributed by atoms with Crippen molar-refractivity contribution in [3.05, 3.63) is 28.5 Å². The number of hydrogen-bond donors (Lipinski definition) is 2. The van der Waals surface area contributed by atoms with E-state index in [2.05, 4.69) is 14.9 Å². The van der Waals surface area contributed by atoms with Crippen LogP contribution in [0.15, 0.2) is 12.3 Å². The number of ether oxygens (including phenoxy) is 1. The van der Waals surface area contributed by atoms with Crippen molar-refractivity contribution in [2.45, 2.75) is 38.6 Å². The monoisotopic (exact) mass is 378 g/mol. The van der Waals surface area contributed by atoms with Gasteiger partial charge in [0.05, 0.1) is 24.8 Å². The van der Waals surface area contributed by atoms with Crippen LogP contribution in [0.4, 0.5) is 0 Å². The molecule has 4 rings (SSSR count). The maximum Gasteiger partial charge on any atom is 0.254 e. The molecule has 8 heteroatoms. The van der Waals surface area contributed by atoms with Gasteiger partial charge in [0.2, 0.25) is 0 Å². The van der Waals surface area contributed by atoms with Gasteiger partial charge < -0.3 is 24.6 Å². The number of aliphatic hydroxyl groups excluding tert-OH is 1. The summed E-state index contributed by atoms with van der Waals surface area (Å²) in [5.74, 6) is -0.284. The van der Waals surface area contributed by atoms with Crippen LogP contribution in [0, 0.1) is 6.92 Å². The first-order valence-electron chi connectivity index (χ1n) is 8.96. The Kier molecular flexibility index (Phi) is 4.88. The lowest BCUT2D eigenvalue weighted by atomic mass is 10.1. The molecule has 2 unspecified atom stereocenters. The summed E-state index contributed by atoms with van der Waals surface area (Å²) in [7, 11) is 0. The van der Waals surface area contributed by atoms with Crippen LogP contribution < -0.4 is 5.32 Å². The average Bonchev–Trinajstić information content (AvgIpc) is 2.88. The number of aryl methyl sites for hydroxylation is 1. The van der Waals surface area contributed by atoms with Crippen LogP contribution in [-0.4, -0.2) is 63.9 Å². The quantitative estimate of drug-likeness (QED) is 0.814. The molecule has 0 radical (unpaired) electrons. The van der Waals surface area contributed by atoms with Gasteiger partial charge in [-0.1, -0.05) is 11.6 Å². The van der Waals surface area contributed by atoms with E-state index in [0.29, 0.717) is 37.3 Å². The summed E-state index contributed by atoms with van der Waals surface area (Å²) >= 11 is 6.07. The molecule has 0 aliphatic carbocycles. The molecule has 2 aliphatic heterocycles. The summed E-state index contributed by atoms with van der Waals surface area (Å²) in [6, 6.07) is 2.26. The molecule has 2 aliphatic rings. The largest absolute Gasteiger partial charge is 0.381 e.